The summed E-state index contributed by atoms with van der Waals surface area (Å²) in [5.41, 5.74) is 0.915. The first-order valence-corrected chi connectivity index (χ1v) is 6.12. The zero-order chi connectivity index (χ0) is 13.4. The molecular weight excluding hydrogens is 244 g/mol. The minimum absolute atomic E-state index is 0.381. The molecule has 1 unspecified atom stereocenters. The third kappa shape index (κ3) is 1.85. The van der Waals surface area contributed by atoms with Crippen LogP contribution in [-0.2, 0) is 6.54 Å². The van der Waals surface area contributed by atoms with E-state index >= 15 is 0 Å². The van der Waals surface area contributed by atoms with Crippen LogP contribution in [0.5, 0.6) is 0 Å². The SMILES string of the molecule is Cc1nnc2n1CCN(C(=O)O)C2c1ccccc1. The lowest BCUT2D eigenvalue weighted by Gasteiger charge is -2.33. The second-order valence-corrected chi connectivity index (χ2v) is 4.55. The summed E-state index contributed by atoms with van der Waals surface area (Å²) in [5, 5.41) is 17.6. The van der Waals surface area contributed by atoms with E-state index in [2.05, 4.69) is 10.2 Å². The minimum atomic E-state index is -0.930. The maximum atomic E-state index is 11.4. The van der Waals surface area contributed by atoms with E-state index in [1.165, 1.54) is 4.90 Å². The van der Waals surface area contributed by atoms with Crippen molar-refractivity contribution in [2.45, 2.75) is 19.5 Å². The molecule has 0 spiro atoms. The van der Waals surface area contributed by atoms with Gasteiger partial charge in [0.25, 0.3) is 0 Å². The highest BCUT2D eigenvalue weighted by atomic mass is 16.4. The van der Waals surface area contributed by atoms with Crippen LogP contribution in [0.15, 0.2) is 30.3 Å². The Morgan fingerprint density at radius 2 is 2.00 bits per heavy atom. The van der Waals surface area contributed by atoms with Crippen molar-refractivity contribution in [1.82, 2.24) is 19.7 Å². The van der Waals surface area contributed by atoms with Gasteiger partial charge in [0.1, 0.15) is 11.9 Å². The van der Waals surface area contributed by atoms with E-state index in [1.807, 2.05) is 41.8 Å². The lowest BCUT2D eigenvalue weighted by atomic mass is 10.0. The lowest BCUT2D eigenvalue weighted by molar-refractivity contribution is 0.118. The summed E-state index contributed by atoms with van der Waals surface area (Å²) in [6.07, 6.45) is -0.930. The Kier molecular flexibility index (Phi) is 2.70. The van der Waals surface area contributed by atoms with Crippen molar-refractivity contribution < 1.29 is 9.90 Å². The molecule has 0 saturated carbocycles. The van der Waals surface area contributed by atoms with Crippen molar-refractivity contribution in [3.05, 3.63) is 47.5 Å². The number of amides is 1. The van der Waals surface area contributed by atoms with Gasteiger partial charge in [-0.2, -0.15) is 0 Å². The number of carboxylic acid groups (broad SMARTS) is 1. The molecule has 0 saturated heterocycles. The molecule has 3 rings (SSSR count). The Bertz CT molecular complexity index is 608. The van der Waals surface area contributed by atoms with Gasteiger partial charge < -0.3 is 9.67 Å². The summed E-state index contributed by atoms with van der Waals surface area (Å²) >= 11 is 0. The molecule has 0 fully saturated rings. The fraction of sp³-hybridized carbons (Fsp3) is 0.308. The van der Waals surface area contributed by atoms with Crippen molar-refractivity contribution in [2.24, 2.45) is 0 Å². The molecule has 1 N–H and O–H groups in total. The van der Waals surface area contributed by atoms with Gasteiger partial charge in [-0.05, 0) is 12.5 Å². The third-order valence-electron chi connectivity index (χ3n) is 3.45. The number of hydrogen-bond donors (Lipinski definition) is 1. The van der Waals surface area contributed by atoms with Crippen molar-refractivity contribution in [3.63, 3.8) is 0 Å². The van der Waals surface area contributed by atoms with Crippen LogP contribution in [0.25, 0.3) is 0 Å². The average molecular weight is 258 g/mol. The molecule has 2 heterocycles. The molecule has 0 bridgehead atoms. The summed E-state index contributed by atoms with van der Waals surface area (Å²) < 4.78 is 1.98. The van der Waals surface area contributed by atoms with Crippen LogP contribution >= 0.6 is 0 Å². The Balaban J connectivity index is 2.13. The van der Waals surface area contributed by atoms with Gasteiger partial charge in [-0.15, -0.1) is 10.2 Å². The van der Waals surface area contributed by atoms with E-state index in [-0.39, 0.29) is 6.04 Å². The molecule has 2 aromatic rings. The molecule has 0 radical (unpaired) electrons. The topological polar surface area (TPSA) is 71.2 Å². The summed E-state index contributed by atoms with van der Waals surface area (Å²) in [4.78, 5) is 12.8. The van der Waals surface area contributed by atoms with Gasteiger partial charge in [-0.3, -0.25) is 4.90 Å². The maximum Gasteiger partial charge on any atom is 0.408 e. The van der Waals surface area contributed by atoms with Gasteiger partial charge in [0, 0.05) is 13.1 Å². The zero-order valence-electron chi connectivity index (χ0n) is 10.5. The molecule has 0 aliphatic carbocycles. The molecule has 1 aromatic heterocycles. The summed E-state index contributed by atoms with van der Waals surface area (Å²) in [6, 6.07) is 9.16. The predicted octanol–water partition coefficient (Wildman–Crippen LogP) is 1.67. The molecule has 1 amide bonds. The summed E-state index contributed by atoms with van der Waals surface area (Å²) in [6.45, 7) is 2.93. The second-order valence-electron chi connectivity index (χ2n) is 4.55. The number of nitrogens with zero attached hydrogens (tertiary/aromatic N) is 4. The van der Waals surface area contributed by atoms with E-state index in [0.29, 0.717) is 18.9 Å². The molecule has 1 atom stereocenters. The number of carbonyl (C=O) groups is 1. The monoisotopic (exact) mass is 258 g/mol. The molecule has 1 aliphatic heterocycles. The van der Waals surface area contributed by atoms with E-state index in [4.69, 9.17) is 0 Å². The molecule has 1 aliphatic rings. The van der Waals surface area contributed by atoms with Crippen LogP contribution in [-0.4, -0.2) is 37.4 Å². The molecule has 6 nitrogen and oxygen atoms in total. The van der Waals surface area contributed by atoms with Crippen LogP contribution < -0.4 is 0 Å². The lowest BCUT2D eigenvalue weighted by Crippen LogP contribution is -2.42. The first-order valence-electron chi connectivity index (χ1n) is 6.12. The molecule has 19 heavy (non-hydrogen) atoms. The summed E-state index contributed by atoms with van der Waals surface area (Å²) in [5.74, 6) is 1.51. The quantitative estimate of drug-likeness (QED) is 0.844. The number of fused-ring (bicyclic) bond motifs is 1. The van der Waals surface area contributed by atoms with E-state index in [9.17, 15) is 9.90 Å². The normalized spacial score (nSPS) is 18.2. The average Bonchev–Trinajstić information content (AvgIpc) is 2.80. The highest BCUT2D eigenvalue weighted by molar-refractivity contribution is 5.66. The largest absolute Gasteiger partial charge is 0.465 e. The number of rotatable bonds is 1. The van der Waals surface area contributed by atoms with Gasteiger partial charge >= 0.3 is 6.09 Å². The number of aromatic nitrogens is 3. The van der Waals surface area contributed by atoms with Crippen molar-refractivity contribution in [3.8, 4) is 0 Å². The Morgan fingerprint density at radius 3 is 2.68 bits per heavy atom. The van der Waals surface area contributed by atoms with Crippen molar-refractivity contribution in [1.29, 1.82) is 0 Å². The fourth-order valence-corrected chi connectivity index (χ4v) is 2.52. The number of hydrogen-bond acceptors (Lipinski definition) is 3. The highest BCUT2D eigenvalue weighted by Gasteiger charge is 2.34. The predicted molar refractivity (Wildman–Crippen MR) is 67.8 cm³/mol. The van der Waals surface area contributed by atoms with Crippen LogP contribution in [0.3, 0.4) is 0 Å². The van der Waals surface area contributed by atoms with E-state index in [1.54, 1.807) is 0 Å². The van der Waals surface area contributed by atoms with E-state index in [0.717, 1.165) is 11.4 Å². The summed E-state index contributed by atoms with van der Waals surface area (Å²) in [7, 11) is 0. The van der Waals surface area contributed by atoms with Crippen LogP contribution in [0.4, 0.5) is 4.79 Å². The smallest absolute Gasteiger partial charge is 0.408 e. The van der Waals surface area contributed by atoms with Crippen LogP contribution in [0.2, 0.25) is 0 Å². The highest BCUT2D eigenvalue weighted by Crippen LogP contribution is 2.30. The maximum absolute atomic E-state index is 11.4. The second kappa shape index (κ2) is 4.38. The van der Waals surface area contributed by atoms with Gasteiger partial charge in [-0.1, -0.05) is 30.3 Å². The molecule has 1 aromatic carbocycles. The van der Waals surface area contributed by atoms with Gasteiger partial charge in [0.05, 0.1) is 0 Å². The minimum Gasteiger partial charge on any atom is -0.465 e. The Hall–Kier alpha value is -2.37. The van der Waals surface area contributed by atoms with Crippen LogP contribution in [0, 0.1) is 6.92 Å². The molecule has 6 heteroatoms. The first kappa shape index (κ1) is 11.7. The molecule has 98 valence electrons. The van der Waals surface area contributed by atoms with Gasteiger partial charge in [0.15, 0.2) is 5.82 Å². The van der Waals surface area contributed by atoms with Crippen molar-refractivity contribution >= 4 is 6.09 Å². The zero-order valence-corrected chi connectivity index (χ0v) is 10.5. The van der Waals surface area contributed by atoms with Gasteiger partial charge in [-0.25, -0.2) is 4.79 Å². The standard InChI is InChI=1S/C13H14N4O2/c1-9-14-15-12-11(10-5-3-2-4-6-10)17(13(18)19)8-7-16(9)12/h2-6,11H,7-8H2,1H3,(H,18,19). The third-order valence-corrected chi connectivity index (χ3v) is 3.45. The molecular formula is C13H14N4O2. The van der Waals surface area contributed by atoms with Gasteiger partial charge in [0.2, 0.25) is 0 Å². The Morgan fingerprint density at radius 1 is 1.26 bits per heavy atom. The fourth-order valence-electron chi connectivity index (χ4n) is 2.52. The first-order chi connectivity index (χ1) is 9.18. The van der Waals surface area contributed by atoms with Crippen molar-refractivity contribution in [2.75, 3.05) is 6.54 Å². The number of benzene rings is 1. The van der Waals surface area contributed by atoms with Crippen LogP contribution in [0.1, 0.15) is 23.3 Å². The van der Waals surface area contributed by atoms with E-state index < -0.39 is 6.09 Å². The number of aryl methyl sites for hydroxylation is 1. The Labute approximate surface area is 110 Å².